The van der Waals surface area contributed by atoms with E-state index in [2.05, 4.69) is 27.7 Å². The summed E-state index contributed by atoms with van der Waals surface area (Å²) in [6, 6.07) is 0. The molecule has 0 heterocycles. The second-order valence-electron chi connectivity index (χ2n) is 3.72. The van der Waals surface area contributed by atoms with Crippen molar-refractivity contribution in [3.05, 3.63) is 0 Å². The zero-order valence-corrected chi connectivity index (χ0v) is 10.7. The fraction of sp³-hybridized carbons (Fsp3) is 1.00. The monoisotopic (exact) mass is 186 g/mol. The van der Waals surface area contributed by atoms with Gasteiger partial charge in [0.2, 0.25) is 0 Å². The Kier molecular flexibility index (Phi) is 14.3. The highest BCUT2D eigenvalue weighted by molar-refractivity contribution is 4.63. The minimum Gasteiger partial charge on any atom is -0.0683 e. The van der Waals surface area contributed by atoms with Crippen molar-refractivity contribution in [3.63, 3.8) is 0 Å². The van der Waals surface area contributed by atoms with Gasteiger partial charge in [0.15, 0.2) is 0 Å². The summed E-state index contributed by atoms with van der Waals surface area (Å²) < 4.78 is 0. The average molecular weight is 186 g/mol. The number of hydrogen-bond donors (Lipinski definition) is 0. The summed E-state index contributed by atoms with van der Waals surface area (Å²) in [5, 5.41) is 0. The first-order valence-corrected chi connectivity index (χ1v) is 6.26. The summed E-state index contributed by atoms with van der Waals surface area (Å²) in [7, 11) is 0. The lowest BCUT2D eigenvalue weighted by Crippen LogP contribution is -2.10. The number of hydrogen-bond acceptors (Lipinski definition) is 0. The summed E-state index contributed by atoms with van der Waals surface area (Å²) in [6.07, 6.45) is 6.92. The van der Waals surface area contributed by atoms with E-state index in [1.807, 2.05) is 13.8 Å². The van der Waals surface area contributed by atoms with Gasteiger partial charge in [-0.3, -0.25) is 0 Å². The molecule has 0 aromatic carbocycles. The molecule has 0 N–H and O–H groups in total. The highest BCUT2D eigenvalue weighted by Crippen LogP contribution is 2.24. The molecule has 82 valence electrons. The summed E-state index contributed by atoms with van der Waals surface area (Å²) in [5.74, 6) is 1.94. The normalized spacial score (nSPS) is 14.3. The minimum atomic E-state index is 0.949. The van der Waals surface area contributed by atoms with Crippen LogP contribution < -0.4 is 0 Å². The highest BCUT2D eigenvalue weighted by Gasteiger charge is 2.12. The van der Waals surface area contributed by atoms with Gasteiger partial charge < -0.3 is 0 Å². The van der Waals surface area contributed by atoms with Crippen LogP contribution in [0, 0.1) is 11.8 Å². The molecule has 0 saturated heterocycles. The topological polar surface area (TPSA) is 0 Å². The Hall–Kier alpha value is 0. The quantitative estimate of drug-likeness (QED) is 0.530. The van der Waals surface area contributed by atoms with E-state index in [9.17, 15) is 0 Å². The van der Waals surface area contributed by atoms with E-state index in [4.69, 9.17) is 0 Å². The third kappa shape index (κ3) is 8.33. The van der Waals surface area contributed by atoms with Crippen molar-refractivity contribution in [1.82, 2.24) is 0 Å². The van der Waals surface area contributed by atoms with Crippen LogP contribution in [0.15, 0.2) is 0 Å². The SMILES string of the molecule is CC.CCCC(C)C(CC)CCC. The van der Waals surface area contributed by atoms with Crippen molar-refractivity contribution >= 4 is 0 Å². The largest absolute Gasteiger partial charge is 0.0683 e. The summed E-state index contributed by atoms with van der Waals surface area (Å²) in [5.41, 5.74) is 0. The van der Waals surface area contributed by atoms with Gasteiger partial charge in [0.05, 0.1) is 0 Å². The van der Waals surface area contributed by atoms with Gasteiger partial charge in [-0.1, -0.05) is 73.6 Å². The standard InChI is InChI=1S/C11H24.C2H6/c1-5-8-10(4)11(7-3)9-6-2;1-2/h10-11H,5-9H2,1-4H3;1-2H3. The van der Waals surface area contributed by atoms with E-state index in [1.54, 1.807) is 0 Å². The van der Waals surface area contributed by atoms with E-state index in [1.165, 1.54) is 32.1 Å². The maximum Gasteiger partial charge on any atom is -0.0391 e. The van der Waals surface area contributed by atoms with Crippen LogP contribution in [0.25, 0.3) is 0 Å². The Balaban J connectivity index is 0. The van der Waals surface area contributed by atoms with Gasteiger partial charge in [-0.25, -0.2) is 0 Å². The molecular weight excluding hydrogens is 156 g/mol. The second kappa shape index (κ2) is 12.0. The fourth-order valence-electron chi connectivity index (χ4n) is 1.95. The molecule has 0 nitrogen and oxygen atoms in total. The average Bonchev–Trinajstić information content (AvgIpc) is 2.17. The molecule has 0 rings (SSSR count). The first-order chi connectivity index (χ1) is 6.26. The van der Waals surface area contributed by atoms with Crippen molar-refractivity contribution in [3.8, 4) is 0 Å². The van der Waals surface area contributed by atoms with Crippen LogP contribution in [0.5, 0.6) is 0 Å². The molecule has 13 heavy (non-hydrogen) atoms. The molecular formula is C13H30. The van der Waals surface area contributed by atoms with Crippen LogP contribution in [0.2, 0.25) is 0 Å². The molecule has 0 spiro atoms. The van der Waals surface area contributed by atoms with Gasteiger partial charge in [0.25, 0.3) is 0 Å². The molecule has 0 radical (unpaired) electrons. The Morgan fingerprint density at radius 1 is 0.846 bits per heavy atom. The van der Waals surface area contributed by atoms with E-state index in [0.717, 1.165) is 11.8 Å². The summed E-state index contributed by atoms with van der Waals surface area (Å²) in [4.78, 5) is 0. The maximum atomic E-state index is 2.41. The van der Waals surface area contributed by atoms with Crippen molar-refractivity contribution in [2.24, 2.45) is 11.8 Å². The fourth-order valence-corrected chi connectivity index (χ4v) is 1.95. The third-order valence-corrected chi connectivity index (χ3v) is 2.73. The zero-order chi connectivity index (χ0) is 10.7. The Morgan fingerprint density at radius 2 is 1.31 bits per heavy atom. The van der Waals surface area contributed by atoms with E-state index < -0.39 is 0 Å². The van der Waals surface area contributed by atoms with Crippen LogP contribution in [0.3, 0.4) is 0 Å². The maximum absolute atomic E-state index is 2.41. The predicted molar refractivity (Wildman–Crippen MR) is 64.1 cm³/mol. The Bertz CT molecular complexity index is 76.1. The van der Waals surface area contributed by atoms with Gasteiger partial charge >= 0.3 is 0 Å². The first-order valence-electron chi connectivity index (χ1n) is 6.26. The lowest BCUT2D eigenvalue weighted by molar-refractivity contribution is 0.304. The van der Waals surface area contributed by atoms with Crippen molar-refractivity contribution in [1.29, 1.82) is 0 Å². The Morgan fingerprint density at radius 3 is 1.62 bits per heavy atom. The van der Waals surface area contributed by atoms with Crippen molar-refractivity contribution in [2.45, 2.75) is 73.6 Å². The smallest absolute Gasteiger partial charge is 0.0391 e. The van der Waals surface area contributed by atoms with Crippen molar-refractivity contribution < 1.29 is 0 Å². The Labute approximate surface area is 86.1 Å². The van der Waals surface area contributed by atoms with Gasteiger partial charge in [0.1, 0.15) is 0 Å². The minimum absolute atomic E-state index is 0.949. The predicted octanol–water partition coefficient (Wildman–Crippen LogP) is 5.28. The van der Waals surface area contributed by atoms with Crippen LogP contribution in [-0.2, 0) is 0 Å². The molecule has 0 heteroatoms. The van der Waals surface area contributed by atoms with Crippen LogP contribution >= 0.6 is 0 Å². The zero-order valence-electron chi connectivity index (χ0n) is 10.7. The molecule has 0 aromatic heterocycles. The van der Waals surface area contributed by atoms with Gasteiger partial charge in [-0.15, -0.1) is 0 Å². The summed E-state index contributed by atoms with van der Waals surface area (Å²) in [6.45, 7) is 13.3. The molecule has 0 bridgehead atoms. The molecule has 0 aliphatic rings. The first kappa shape index (κ1) is 15.5. The lowest BCUT2D eigenvalue weighted by atomic mass is 9.85. The molecule has 0 fully saturated rings. The molecule has 2 unspecified atom stereocenters. The van der Waals surface area contributed by atoms with E-state index >= 15 is 0 Å². The molecule has 0 saturated carbocycles. The van der Waals surface area contributed by atoms with Gasteiger partial charge in [-0.05, 0) is 11.8 Å². The van der Waals surface area contributed by atoms with E-state index in [-0.39, 0.29) is 0 Å². The molecule has 2 atom stereocenters. The molecule has 0 amide bonds. The number of rotatable bonds is 6. The molecule has 0 aliphatic heterocycles. The lowest BCUT2D eigenvalue weighted by Gasteiger charge is -2.21. The van der Waals surface area contributed by atoms with Crippen LogP contribution in [0.4, 0.5) is 0 Å². The second-order valence-corrected chi connectivity index (χ2v) is 3.72. The van der Waals surface area contributed by atoms with Gasteiger partial charge in [0, 0.05) is 0 Å². The van der Waals surface area contributed by atoms with Gasteiger partial charge in [-0.2, -0.15) is 0 Å². The van der Waals surface area contributed by atoms with E-state index in [0.29, 0.717) is 0 Å². The van der Waals surface area contributed by atoms with Crippen molar-refractivity contribution in [2.75, 3.05) is 0 Å². The van der Waals surface area contributed by atoms with Crippen LogP contribution in [0.1, 0.15) is 73.6 Å². The summed E-state index contributed by atoms with van der Waals surface area (Å²) >= 11 is 0. The van der Waals surface area contributed by atoms with Crippen LogP contribution in [-0.4, -0.2) is 0 Å². The molecule has 0 aromatic rings. The molecule has 0 aliphatic carbocycles. The third-order valence-electron chi connectivity index (χ3n) is 2.73. The highest BCUT2D eigenvalue weighted by atomic mass is 14.2.